The minimum Gasteiger partial charge on any atom is -0.464 e. The van der Waals surface area contributed by atoms with E-state index in [1.165, 1.54) is 7.11 Å². The van der Waals surface area contributed by atoms with Crippen molar-refractivity contribution in [3.05, 3.63) is 27.8 Å². The summed E-state index contributed by atoms with van der Waals surface area (Å²) in [4.78, 5) is 19.3. The normalized spacial score (nSPS) is 10.6. The fourth-order valence-electron chi connectivity index (χ4n) is 1.14. The number of aromatic nitrogens is 3. The van der Waals surface area contributed by atoms with E-state index in [4.69, 9.17) is 11.6 Å². The van der Waals surface area contributed by atoms with E-state index in [0.717, 1.165) is 0 Å². The summed E-state index contributed by atoms with van der Waals surface area (Å²) in [5.74, 6) is -0.574. The second-order valence-corrected chi connectivity index (χ2v) is 3.76. The summed E-state index contributed by atoms with van der Waals surface area (Å²) in [6.45, 7) is 0. The highest BCUT2D eigenvalue weighted by Crippen LogP contribution is 2.22. The largest absolute Gasteiger partial charge is 0.464 e. The average Bonchev–Trinajstić information content (AvgIpc) is 2.57. The van der Waals surface area contributed by atoms with Gasteiger partial charge in [-0.25, -0.2) is 14.8 Å². The highest BCUT2D eigenvalue weighted by atomic mass is 79.9. The highest BCUT2D eigenvalue weighted by molar-refractivity contribution is 9.10. The number of esters is 1. The SMILES string of the molecule is COC(=O)c1nc2c(Br)nccn2c1Cl. The van der Waals surface area contributed by atoms with E-state index in [1.54, 1.807) is 16.8 Å². The summed E-state index contributed by atoms with van der Waals surface area (Å²) in [6, 6.07) is 0. The average molecular weight is 291 g/mol. The van der Waals surface area contributed by atoms with Crippen LogP contribution in [0.2, 0.25) is 5.15 Å². The molecule has 0 aromatic carbocycles. The van der Waals surface area contributed by atoms with Gasteiger partial charge >= 0.3 is 5.97 Å². The molecule has 0 aliphatic rings. The van der Waals surface area contributed by atoms with E-state index in [2.05, 4.69) is 30.6 Å². The first-order valence-corrected chi connectivity index (χ1v) is 5.08. The summed E-state index contributed by atoms with van der Waals surface area (Å²) < 4.78 is 6.61. The van der Waals surface area contributed by atoms with Crippen molar-refractivity contribution in [1.82, 2.24) is 14.4 Å². The van der Waals surface area contributed by atoms with E-state index < -0.39 is 5.97 Å². The van der Waals surface area contributed by atoms with Crippen LogP contribution in [0.15, 0.2) is 17.0 Å². The quantitative estimate of drug-likeness (QED) is 0.753. The van der Waals surface area contributed by atoms with Crippen molar-refractivity contribution >= 4 is 39.1 Å². The molecule has 15 heavy (non-hydrogen) atoms. The first-order valence-electron chi connectivity index (χ1n) is 3.91. The Morgan fingerprint density at radius 2 is 2.40 bits per heavy atom. The molecule has 0 amide bonds. The maximum absolute atomic E-state index is 11.3. The van der Waals surface area contributed by atoms with Crippen molar-refractivity contribution in [2.24, 2.45) is 0 Å². The predicted octanol–water partition coefficient (Wildman–Crippen LogP) is 1.93. The number of hydrogen-bond acceptors (Lipinski definition) is 4. The maximum atomic E-state index is 11.3. The van der Waals surface area contributed by atoms with Crippen molar-refractivity contribution in [3.63, 3.8) is 0 Å². The molecule has 7 heteroatoms. The number of rotatable bonds is 1. The molecule has 5 nitrogen and oxygen atoms in total. The van der Waals surface area contributed by atoms with Gasteiger partial charge < -0.3 is 4.74 Å². The van der Waals surface area contributed by atoms with Crippen molar-refractivity contribution in [1.29, 1.82) is 0 Å². The van der Waals surface area contributed by atoms with Gasteiger partial charge in [-0.3, -0.25) is 4.40 Å². The molecule has 2 aromatic rings. The lowest BCUT2D eigenvalue weighted by Gasteiger charge is -1.95. The first-order chi connectivity index (χ1) is 7.15. The number of methoxy groups -OCH3 is 1. The Hall–Kier alpha value is -1.14. The van der Waals surface area contributed by atoms with Crippen LogP contribution in [0.25, 0.3) is 5.65 Å². The van der Waals surface area contributed by atoms with E-state index in [9.17, 15) is 4.79 Å². The van der Waals surface area contributed by atoms with Crippen LogP contribution < -0.4 is 0 Å². The zero-order chi connectivity index (χ0) is 11.0. The highest BCUT2D eigenvalue weighted by Gasteiger charge is 2.19. The minimum atomic E-state index is -0.574. The molecular weight excluding hydrogens is 285 g/mol. The third-order valence-electron chi connectivity index (χ3n) is 1.82. The molecule has 0 saturated heterocycles. The van der Waals surface area contributed by atoms with Crippen LogP contribution in [-0.4, -0.2) is 27.4 Å². The fraction of sp³-hybridized carbons (Fsp3) is 0.125. The zero-order valence-electron chi connectivity index (χ0n) is 7.57. The molecule has 78 valence electrons. The molecule has 0 N–H and O–H groups in total. The minimum absolute atomic E-state index is 0.0767. The predicted molar refractivity (Wildman–Crippen MR) is 57.0 cm³/mol. The summed E-state index contributed by atoms with van der Waals surface area (Å²) in [6.07, 6.45) is 3.16. The topological polar surface area (TPSA) is 56.5 Å². The molecule has 2 rings (SSSR count). The molecule has 0 atom stereocenters. The van der Waals surface area contributed by atoms with Gasteiger partial charge in [-0.15, -0.1) is 0 Å². The smallest absolute Gasteiger partial charge is 0.359 e. The van der Waals surface area contributed by atoms with Crippen LogP contribution in [0.3, 0.4) is 0 Å². The van der Waals surface area contributed by atoms with Gasteiger partial charge in [0.1, 0.15) is 9.76 Å². The lowest BCUT2D eigenvalue weighted by atomic mass is 10.5. The third-order valence-corrected chi connectivity index (χ3v) is 2.74. The van der Waals surface area contributed by atoms with E-state index in [-0.39, 0.29) is 10.8 Å². The van der Waals surface area contributed by atoms with Gasteiger partial charge in [0.05, 0.1) is 7.11 Å². The Morgan fingerprint density at radius 3 is 3.00 bits per heavy atom. The lowest BCUT2D eigenvalue weighted by molar-refractivity contribution is 0.0595. The Bertz CT molecular complexity index is 540. The number of nitrogens with zero attached hydrogens (tertiary/aromatic N) is 3. The zero-order valence-corrected chi connectivity index (χ0v) is 9.91. The van der Waals surface area contributed by atoms with Gasteiger partial charge in [-0.1, -0.05) is 11.6 Å². The van der Waals surface area contributed by atoms with Crippen LogP contribution >= 0.6 is 27.5 Å². The number of fused-ring (bicyclic) bond motifs is 1. The van der Waals surface area contributed by atoms with Gasteiger partial charge in [-0.05, 0) is 15.9 Å². The van der Waals surface area contributed by atoms with Gasteiger partial charge in [0.25, 0.3) is 0 Å². The van der Waals surface area contributed by atoms with Crippen LogP contribution in [0.1, 0.15) is 10.5 Å². The van der Waals surface area contributed by atoms with Crippen molar-refractivity contribution in [2.45, 2.75) is 0 Å². The first kappa shape index (κ1) is 10.4. The molecular formula is C8H5BrClN3O2. The standard InChI is InChI=1S/C8H5BrClN3O2/c1-15-8(14)4-6(10)13-3-2-11-5(9)7(13)12-4/h2-3H,1H3. The van der Waals surface area contributed by atoms with Crippen LogP contribution in [0.4, 0.5) is 0 Å². The van der Waals surface area contributed by atoms with Crippen LogP contribution in [-0.2, 0) is 4.74 Å². The maximum Gasteiger partial charge on any atom is 0.359 e. The van der Waals surface area contributed by atoms with Gasteiger partial charge in [0.15, 0.2) is 11.3 Å². The molecule has 0 radical (unpaired) electrons. The van der Waals surface area contributed by atoms with E-state index >= 15 is 0 Å². The number of halogens is 2. The summed E-state index contributed by atoms with van der Waals surface area (Å²) >= 11 is 9.16. The Morgan fingerprint density at radius 1 is 1.67 bits per heavy atom. The van der Waals surface area contributed by atoms with Gasteiger partial charge in [-0.2, -0.15) is 0 Å². The lowest BCUT2D eigenvalue weighted by Crippen LogP contribution is -2.02. The second-order valence-electron chi connectivity index (χ2n) is 2.65. The summed E-state index contributed by atoms with van der Waals surface area (Å²) in [5.41, 5.74) is 0.552. The summed E-state index contributed by atoms with van der Waals surface area (Å²) in [7, 11) is 1.27. The Balaban J connectivity index is 2.75. The second kappa shape index (κ2) is 3.79. The number of imidazole rings is 1. The molecule has 0 aliphatic heterocycles. The number of carbonyl (C=O) groups excluding carboxylic acids is 1. The molecule has 0 bridgehead atoms. The van der Waals surface area contributed by atoms with Gasteiger partial charge in [0.2, 0.25) is 0 Å². The van der Waals surface area contributed by atoms with Crippen molar-refractivity contribution in [3.8, 4) is 0 Å². The molecule has 0 fully saturated rings. The number of carbonyl (C=O) groups is 1. The molecule has 0 spiro atoms. The molecule has 0 unspecified atom stereocenters. The van der Waals surface area contributed by atoms with Crippen LogP contribution in [0.5, 0.6) is 0 Å². The van der Waals surface area contributed by atoms with Gasteiger partial charge in [0, 0.05) is 12.4 Å². The van der Waals surface area contributed by atoms with Crippen LogP contribution in [0, 0.1) is 0 Å². The fourth-order valence-corrected chi connectivity index (χ4v) is 1.80. The van der Waals surface area contributed by atoms with Crippen molar-refractivity contribution in [2.75, 3.05) is 7.11 Å². The number of ether oxygens (including phenoxy) is 1. The van der Waals surface area contributed by atoms with E-state index in [1.807, 2.05) is 0 Å². The third kappa shape index (κ3) is 1.59. The molecule has 2 heterocycles. The monoisotopic (exact) mass is 289 g/mol. The Kier molecular flexibility index (Phi) is 2.62. The Labute approximate surface area is 98.2 Å². The van der Waals surface area contributed by atoms with Crippen molar-refractivity contribution < 1.29 is 9.53 Å². The van der Waals surface area contributed by atoms with E-state index in [0.29, 0.717) is 10.3 Å². The number of hydrogen-bond donors (Lipinski definition) is 0. The molecule has 0 aliphatic carbocycles. The molecule has 2 aromatic heterocycles. The summed E-state index contributed by atoms with van der Waals surface area (Å²) in [5, 5.41) is 0.208. The molecule has 0 saturated carbocycles.